The predicted octanol–water partition coefficient (Wildman–Crippen LogP) is 11.4. The molecule has 2 aromatic carbocycles. The number of rotatable bonds is 11. The maximum absolute atomic E-state index is 16.9. The molecule has 0 saturated heterocycles. The number of nitrogens with zero attached hydrogens (tertiary/aromatic N) is 1. The van der Waals surface area contributed by atoms with Crippen molar-refractivity contribution in [2.75, 3.05) is 0 Å². The first-order valence-corrected chi connectivity index (χ1v) is 14.2. The van der Waals surface area contributed by atoms with Gasteiger partial charge in [-0.05, 0) is 125 Å². The molecule has 2 rings (SSSR count). The Labute approximate surface area is 227 Å². The van der Waals surface area contributed by atoms with Gasteiger partial charge in [0.25, 0.3) is 0 Å². The van der Waals surface area contributed by atoms with E-state index in [1.54, 1.807) is 0 Å². The van der Waals surface area contributed by atoms with Crippen LogP contribution >= 0.6 is 0 Å². The zero-order valence-corrected chi connectivity index (χ0v) is 25.5. The van der Waals surface area contributed by atoms with Gasteiger partial charge in [0.1, 0.15) is 5.69 Å². The lowest BCUT2D eigenvalue weighted by molar-refractivity contribution is 0.496. The molecule has 0 radical (unpaired) electrons. The van der Waals surface area contributed by atoms with Gasteiger partial charge in [0, 0.05) is 16.8 Å². The van der Waals surface area contributed by atoms with E-state index in [1.807, 2.05) is 13.8 Å². The van der Waals surface area contributed by atoms with Crippen LogP contribution in [-0.2, 0) is 12.8 Å². The fourth-order valence-electron chi connectivity index (χ4n) is 5.53. The number of aliphatic imine (C=N–C) groups is 1. The van der Waals surface area contributed by atoms with E-state index in [1.165, 1.54) is 40.7 Å². The summed E-state index contributed by atoms with van der Waals surface area (Å²) in [5.41, 5.74) is 13.2. The van der Waals surface area contributed by atoms with E-state index in [9.17, 15) is 0 Å². The van der Waals surface area contributed by atoms with Crippen molar-refractivity contribution in [1.82, 2.24) is 0 Å². The van der Waals surface area contributed by atoms with Gasteiger partial charge in [-0.3, -0.25) is 4.99 Å². The minimum absolute atomic E-state index is 0.209. The van der Waals surface area contributed by atoms with Crippen LogP contribution in [0.5, 0.6) is 0 Å². The molecule has 0 aliphatic rings. The molecule has 1 nitrogen and oxygen atoms in total. The second-order valence-electron chi connectivity index (χ2n) is 11.2. The van der Waals surface area contributed by atoms with Gasteiger partial charge in [0.2, 0.25) is 0 Å². The lowest BCUT2D eigenvalue weighted by Crippen LogP contribution is -2.07. The molecule has 0 saturated carbocycles. The quantitative estimate of drug-likeness (QED) is 0.270. The van der Waals surface area contributed by atoms with Crippen LogP contribution in [0.1, 0.15) is 121 Å². The SMILES string of the molecule is C=C(C)c1c(CC)c(CC)c(-c2ccc(C)c(C)c2C(C)=C(C)C)c(F)c1N=C(C)CCC(C)CCC. The summed E-state index contributed by atoms with van der Waals surface area (Å²) in [6.07, 6.45) is 5.94. The Morgan fingerprint density at radius 3 is 2.05 bits per heavy atom. The van der Waals surface area contributed by atoms with E-state index in [0.29, 0.717) is 17.2 Å². The Morgan fingerprint density at radius 2 is 1.54 bits per heavy atom. The van der Waals surface area contributed by atoms with Crippen molar-refractivity contribution in [1.29, 1.82) is 0 Å². The summed E-state index contributed by atoms with van der Waals surface area (Å²) in [6.45, 7) is 27.9. The molecule has 202 valence electrons. The summed E-state index contributed by atoms with van der Waals surface area (Å²) in [6, 6.07) is 4.25. The first-order valence-electron chi connectivity index (χ1n) is 14.2. The molecule has 37 heavy (non-hydrogen) atoms. The van der Waals surface area contributed by atoms with E-state index < -0.39 is 0 Å². The molecular formula is C35H50FN. The van der Waals surface area contributed by atoms with Gasteiger partial charge in [-0.1, -0.05) is 64.8 Å². The minimum atomic E-state index is -0.209. The fourth-order valence-corrected chi connectivity index (χ4v) is 5.53. The maximum atomic E-state index is 16.9. The first kappa shape index (κ1) is 30.7. The highest BCUT2D eigenvalue weighted by atomic mass is 19.1. The van der Waals surface area contributed by atoms with E-state index in [4.69, 9.17) is 4.99 Å². The molecule has 0 aliphatic heterocycles. The summed E-state index contributed by atoms with van der Waals surface area (Å²) in [5.74, 6) is 0.439. The standard InChI is InChI=1S/C35H50FN/c1-13-16-23(8)17-19-25(10)37-35-31(22(6)7)28(14-2)29(15-3)33(34(35)36)30-20-18-24(9)27(12)32(30)26(11)21(4)5/h18,20,23H,6,13-17,19H2,1-5,7-12H3. The molecular weight excluding hydrogens is 453 g/mol. The van der Waals surface area contributed by atoms with Crippen LogP contribution in [0.2, 0.25) is 0 Å². The third-order valence-corrected chi connectivity index (χ3v) is 7.98. The molecule has 2 heteroatoms. The Balaban J connectivity index is 2.99. The second-order valence-corrected chi connectivity index (χ2v) is 11.2. The van der Waals surface area contributed by atoms with Crippen LogP contribution in [0.4, 0.5) is 10.1 Å². The Bertz CT molecular complexity index is 1200. The zero-order valence-electron chi connectivity index (χ0n) is 25.5. The monoisotopic (exact) mass is 503 g/mol. The highest BCUT2D eigenvalue weighted by Gasteiger charge is 2.26. The van der Waals surface area contributed by atoms with Crippen molar-refractivity contribution in [2.24, 2.45) is 10.9 Å². The lowest BCUT2D eigenvalue weighted by atomic mass is 9.81. The lowest BCUT2D eigenvalue weighted by Gasteiger charge is -2.25. The number of benzene rings is 2. The minimum Gasteiger partial charge on any atom is -0.254 e. The second kappa shape index (κ2) is 13.4. The van der Waals surface area contributed by atoms with Crippen LogP contribution in [-0.4, -0.2) is 5.71 Å². The summed E-state index contributed by atoms with van der Waals surface area (Å²) in [5, 5.41) is 0. The van der Waals surface area contributed by atoms with Crippen LogP contribution in [0.3, 0.4) is 0 Å². The van der Waals surface area contributed by atoms with Crippen LogP contribution in [0.25, 0.3) is 22.3 Å². The Morgan fingerprint density at radius 1 is 0.919 bits per heavy atom. The maximum Gasteiger partial charge on any atom is 0.157 e. The molecule has 0 N–H and O–H groups in total. The van der Waals surface area contributed by atoms with Crippen molar-refractivity contribution in [3.63, 3.8) is 0 Å². The Hall–Kier alpha value is -2.48. The van der Waals surface area contributed by atoms with E-state index in [0.717, 1.165) is 59.2 Å². The molecule has 0 fully saturated rings. The van der Waals surface area contributed by atoms with Gasteiger partial charge in [-0.25, -0.2) is 4.39 Å². The number of allylic oxidation sites excluding steroid dienone is 3. The van der Waals surface area contributed by atoms with Crippen molar-refractivity contribution in [2.45, 2.75) is 115 Å². The number of hydrogen-bond acceptors (Lipinski definition) is 1. The first-order chi connectivity index (χ1) is 17.4. The van der Waals surface area contributed by atoms with Gasteiger partial charge in [-0.2, -0.15) is 0 Å². The van der Waals surface area contributed by atoms with Crippen molar-refractivity contribution >= 4 is 22.5 Å². The summed E-state index contributed by atoms with van der Waals surface area (Å²) < 4.78 is 16.9. The molecule has 0 aliphatic carbocycles. The topological polar surface area (TPSA) is 12.4 Å². The summed E-state index contributed by atoms with van der Waals surface area (Å²) in [4.78, 5) is 5.00. The van der Waals surface area contributed by atoms with Gasteiger partial charge in [0.05, 0.1) is 0 Å². The van der Waals surface area contributed by atoms with Gasteiger partial charge < -0.3 is 0 Å². The molecule has 2 aromatic rings. The molecule has 0 spiro atoms. The highest BCUT2D eigenvalue weighted by Crippen LogP contribution is 2.45. The van der Waals surface area contributed by atoms with Crippen LogP contribution in [0, 0.1) is 25.6 Å². The third-order valence-electron chi connectivity index (χ3n) is 7.98. The van der Waals surface area contributed by atoms with E-state index >= 15 is 4.39 Å². The number of halogens is 1. The van der Waals surface area contributed by atoms with Crippen LogP contribution in [0.15, 0.2) is 29.3 Å². The molecule has 1 atom stereocenters. The van der Waals surface area contributed by atoms with Crippen molar-refractivity contribution in [3.8, 4) is 11.1 Å². The highest BCUT2D eigenvalue weighted by molar-refractivity contribution is 5.93. The summed E-state index contributed by atoms with van der Waals surface area (Å²) >= 11 is 0. The average Bonchev–Trinajstić information content (AvgIpc) is 2.84. The van der Waals surface area contributed by atoms with E-state index in [2.05, 4.69) is 81.0 Å². The summed E-state index contributed by atoms with van der Waals surface area (Å²) in [7, 11) is 0. The molecule has 0 heterocycles. The normalized spacial score (nSPS) is 12.6. The van der Waals surface area contributed by atoms with Gasteiger partial charge in [0.15, 0.2) is 5.82 Å². The van der Waals surface area contributed by atoms with Gasteiger partial charge >= 0.3 is 0 Å². The number of aryl methyl sites for hydroxylation is 1. The number of hydrogen-bond donors (Lipinski definition) is 0. The average molecular weight is 504 g/mol. The Kier molecular flexibility index (Phi) is 11.1. The molecule has 0 aromatic heterocycles. The largest absolute Gasteiger partial charge is 0.254 e. The van der Waals surface area contributed by atoms with Crippen molar-refractivity contribution < 1.29 is 4.39 Å². The fraction of sp³-hybridized carbons (Fsp3) is 0.514. The van der Waals surface area contributed by atoms with Crippen molar-refractivity contribution in [3.05, 3.63) is 63.5 Å². The smallest absolute Gasteiger partial charge is 0.157 e. The van der Waals surface area contributed by atoms with Gasteiger partial charge in [-0.15, -0.1) is 0 Å². The molecule has 0 bridgehead atoms. The predicted molar refractivity (Wildman–Crippen MR) is 165 cm³/mol. The van der Waals surface area contributed by atoms with Crippen LogP contribution < -0.4 is 0 Å². The zero-order chi connectivity index (χ0) is 28.0. The third kappa shape index (κ3) is 6.70. The molecule has 0 amide bonds. The van der Waals surface area contributed by atoms with E-state index in [-0.39, 0.29) is 5.82 Å². The molecule has 1 unspecified atom stereocenters.